The molecule has 0 unspecified atom stereocenters. The molecular weight excluding hydrogens is 186 g/mol. The minimum atomic E-state index is -1.10. The Morgan fingerprint density at radius 2 is 2.29 bits per heavy atom. The lowest BCUT2D eigenvalue weighted by atomic mass is 10.3. The Balaban J connectivity index is 2.95. The average Bonchev–Trinajstić information content (AvgIpc) is 2.43. The van der Waals surface area contributed by atoms with E-state index in [0.29, 0.717) is 0 Å². The van der Waals surface area contributed by atoms with Crippen LogP contribution in [0.15, 0.2) is 23.1 Å². The zero-order valence-corrected chi connectivity index (χ0v) is 7.34. The molecule has 0 bridgehead atoms. The van der Waals surface area contributed by atoms with Gasteiger partial charge < -0.3 is 5.11 Å². The van der Waals surface area contributed by atoms with Crippen LogP contribution in [-0.4, -0.2) is 25.3 Å². The van der Waals surface area contributed by atoms with Gasteiger partial charge in [-0.05, 0) is 12.1 Å². The van der Waals surface area contributed by atoms with Gasteiger partial charge in [-0.15, -0.1) is 5.10 Å². The molecule has 0 atom stereocenters. The van der Waals surface area contributed by atoms with E-state index in [9.17, 15) is 9.59 Å². The maximum Gasteiger partial charge on any atom is 0.350 e. The van der Waals surface area contributed by atoms with Crippen LogP contribution in [0.4, 0.5) is 0 Å². The maximum absolute atomic E-state index is 11.4. The van der Waals surface area contributed by atoms with Crippen LogP contribution >= 0.6 is 0 Å². The second kappa shape index (κ2) is 2.69. The summed E-state index contributed by atoms with van der Waals surface area (Å²) in [5, 5.41) is 12.6. The first-order valence-electron chi connectivity index (χ1n) is 3.89. The van der Waals surface area contributed by atoms with Crippen molar-refractivity contribution in [3.8, 4) is 0 Å². The molecule has 0 saturated heterocycles. The highest BCUT2D eigenvalue weighted by molar-refractivity contribution is 5.94. The van der Waals surface area contributed by atoms with Crippen molar-refractivity contribution in [2.45, 2.75) is 0 Å². The van der Waals surface area contributed by atoms with Gasteiger partial charge in [-0.1, -0.05) is 0 Å². The number of fused-ring (bicyclic) bond motifs is 1. The number of pyridine rings is 1. The largest absolute Gasteiger partial charge is 0.478 e. The van der Waals surface area contributed by atoms with Crippen LogP contribution in [0.1, 0.15) is 10.4 Å². The predicted octanol–water partition coefficient (Wildman–Crippen LogP) is -0.269. The summed E-state index contributed by atoms with van der Waals surface area (Å²) in [6.45, 7) is 0. The number of carboxylic acids is 1. The first kappa shape index (κ1) is 8.49. The Morgan fingerprint density at radius 1 is 1.57 bits per heavy atom. The molecule has 2 rings (SSSR count). The monoisotopic (exact) mass is 193 g/mol. The minimum absolute atomic E-state index is 0.0187. The SMILES string of the molecule is Cn1nc2c(C(=O)O)cccn2c1=O. The molecule has 0 spiro atoms. The molecule has 1 N–H and O–H groups in total. The topological polar surface area (TPSA) is 76.6 Å². The summed E-state index contributed by atoms with van der Waals surface area (Å²) < 4.78 is 2.30. The molecule has 6 nitrogen and oxygen atoms in total. The number of nitrogens with zero attached hydrogens (tertiary/aromatic N) is 3. The summed E-state index contributed by atoms with van der Waals surface area (Å²) in [7, 11) is 1.47. The molecule has 14 heavy (non-hydrogen) atoms. The molecule has 2 heterocycles. The van der Waals surface area contributed by atoms with E-state index < -0.39 is 5.97 Å². The van der Waals surface area contributed by atoms with Crippen LogP contribution in [0, 0.1) is 0 Å². The molecule has 0 radical (unpaired) electrons. The molecule has 6 heteroatoms. The Hall–Kier alpha value is -2.11. The fourth-order valence-corrected chi connectivity index (χ4v) is 1.26. The van der Waals surface area contributed by atoms with E-state index in [1.807, 2.05) is 0 Å². The lowest BCUT2D eigenvalue weighted by Crippen LogP contribution is -2.17. The number of aromatic nitrogens is 3. The van der Waals surface area contributed by atoms with Gasteiger partial charge in [-0.2, -0.15) is 0 Å². The number of hydrogen-bond donors (Lipinski definition) is 1. The first-order valence-corrected chi connectivity index (χ1v) is 3.89. The van der Waals surface area contributed by atoms with Crippen LogP contribution in [0.3, 0.4) is 0 Å². The molecule has 0 aliphatic rings. The van der Waals surface area contributed by atoms with Gasteiger partial charge in [0.15, 0.2) is 5.65 Å². The van der Waals surface area contributed by atoms with Gasteiger partial charge in [0.05, 0.1) is 0 Å². The number of rotatable bonds is 1. The molecular formula is C8H7N3O3. The van der Waals surface area contributed by atoms with E-state index in [-0.39, 0.29) is 16.9 Å². The summed E-state index contributed by atoms with van der Waals surface area (Å²) in [5.41, 5.74) is -0.180. The fraction of sp³-hybridized carbons (Fsp3) is 0.125. The molecule has 2 aromatic rings. The molecule has 0 aromatic carbocycles. The van der Waals surface area contributed by atoms with Gasteiger partial charge in [-0.25, -0.2) is 18.7 Å². The second-order valence-electron chi connectivity index (χ2n) is 2.83. The Morgan fingerprint density at radius 3 is 2.93 bits per heavy atom. The molecule has 0 amide bonds. The standard InChI is InChI=1S/C8H7N3O3/c1-10-8(14)11-4-2-3-5(7(12)13)6(11)9-10/h2-4H,1H3,(H,12,13). The molecule has 72 valence electrons. The summed E-state index contributed by atoms with van der Waals surface area (Å²) in [6, 6.07) is 2.91. The summed E-state index contributed by atoms with van der Waals surface area (Å²) in [4.78, 5) is 22.1. The average molecular weight is 193 g/mol. The molecule has 0 saturated carbocycles. The molecule has 2 aromatic heterocycles. The van der Waals surface area contributed by atoms with Crippen molar-refractivity contribution in [3.05, 3.63) is 34.4 Å². The highest BCUT2D eigenvalue weighted by Crippen LogP contribution is 2.05. The van der Waals surface area contributed by atoms with Crippen LogP contribution in [0.5, 0.6) is 0 Å². The molecule has 0 fully saturated rings. The minimum Gasteiger partial charge on any atom is -0.478 e. The number of aromatic carboxylic acids is 1. The van der Waals surface area contributed by atoms with Gasteiger partial charge in [0, 0.05) is 13.2 Å². The Kier molecular flexibility index (Phi) is 1.63. The van der Waals surface area contributed by atoms with Crippen LogP contribution < -0.4 is 5.69 Å². The highest BCUT2D eigenvalue weighted by atomic mass is 16.4. The van der Waals surface area contributed by atoms with E-state index in [0.717, 1.165) is 4.68 Å². The predicted molar refractivity (Wildman–Crippen MR) is 47.4 cm³/mol. The Bertz CT molecular complexity index is 567. The van der Waals surface area contributed by atoms with Gasteiger partial charge in [0.2, 0.25) is 0 Å². The number of carboxylic acid groups (broad SMARTS) is 1. The maximum atomic E-state index is 11.4. The van der Waals surface area contributed by atoms with Crippen molar-refractivity contribution in [2.75, 3.05) is 0 Å². The first-order chi connectivity index (χ1) is 6.61. The zero-order chi connectivity index (χ0) is 10.3. The fourth-order valence-electron chi connectivity index (χ4n) is 1.26. The molecule has 0 aliphatic heterocycles. The summed E-state index contributed by atoms with van der Waals surface area (Å²) in [6.07, 6.45) is 1.48. The summed E-state index contributed by atoms with van der Waals surface area (Å²) >= 11 is 0. The van der Waals surface area contributed by atoms with Crippen molar-refractivity contribution < 1.29 is 9.90 Å². The zero-order valence-electron chi connectivity index (χ0n) is 7.34. The molecule has 0 aliphatic carbocycles. The second-order valence-corrected chi connectivity index (χ2v) is 2.83. The van der Waals surface area contributed by atoms with E-state index in [1.165, 1.54) is 29.8 Å². The lowest BCUT2D eigenvalue weighted by molar-refractivity contribution is 0.0698. The van der Waals surface area contributed by atoms with Crippen molar-refractivity contribution in [3.63, 3.8) is 0 Å². The van der Waals surface area contributed by atoms with Crippen LogP contribution in [-0.2, 0) is 7.05 Å². The van der Waals surface area contributed by atoms with Gasteiger partial charge in [0.1, 0.15) is 5.56 Å². The van der Waals surface area contributed by atoms with Crippen LogP contribution in [0.2, 0.25) is 0 Å². The lowest BCUT2D eigenvalue weighted by Gasteiger charge is -1.94. The number of carbonyl (C=O) groups is 1. The smallest absolute Gasteiger partial charge is 0.350 e. The van der Waals surface area contributed by atoms with Crippen LogP contribution in [0.25, 0.3) is 5.65 Å². The van der Waals surface area contributed by atoms with E-state index in [4.69, 9.17) is 5.11 Å². The number of hydrogen-bond acceptors (Lipinski definition) is 3. The van der Waals surface area contributed by atoms with Gasteiger partial charge in [0.25, 0.3) is 0 Å². The third-order valence-electron chi connectivity index (χ3n) is 1.93. The van der Waals surface area contributed by atoms with Gasteiger partial charge >= 0.3 is 11.7 Å². The van der Waals surface area contributed by atoms with E-state index >= 15 is 0 Å². The van der Waals surface area contributed by atoms with E-state index in [2.05, 4.69) is 5.10 Å². The van der Waals surface area contributed by atoms with Crippen molar-refractivity contribution in [1.82, 2.24) is 14.2 Å². The third-order valence-corrected chi connectivity index (χ3v) is 1.93. The highest BCUT2D eigenvalue weighted by Gasteiger charge is 2.12. The Labute approximate surface area is 78.0 Å². The van der Waals surface area contributed by atoms with Crippen molar-refractivity contribution in [2.24, 2.45) is 7.05 Å². The third kappa shape index (κ3) is 1.00. The quantitative estimate of drug-likeness (QED) is 0.676. The van der Waals surface area contributed by atoms with Crippen molar-refractivity contribution >= 4 is 11.6 Å². The summed E-state index contributed by atoms with van der Waals surface area (Å²) in [5.74, 6) is -1.10. The normalized spacial score (nSPS) is 10.6. The van der Waals surface area contributed by atoms with Gasteiger partial charge in [-0.3, -0.25) is 0 Å². The van der Waals surface area contributed by atoms with Crippen molar-refractivity contribution in [1.29, 1.82) is 0 Å². The van der Waals surface area contributed by atoms with E-state index in [1.54, 1.807) is 0 Å². The number of aryl methyl sites for hydroxylation is 1.